The van der Waals surface area contributed by atoms with Crippen LogP contribution in [0.1, 0.15) is 29.0 Å². The monoisotopic (exact) mass is 322 g/mol. The van der Waals surface area contributed by atoms with Crippen molar-refractivity contribution in [3.05, 3.63) is 53.9 Å². The Morgan fingerprint density at radius 1 is 1.27 bits per heavy atom. The van der Waals surface area contributed by atoms with E-state index in [1.807, 2.05) is 30.3 Å². The van der Waals surface area contributed by atoms with E-state index in [4.69, 9.17) is 0 Å². The highest BCUT2D eigenvalue weighted by atomic mass is 32.2. The number of rotatable bonds is 5. The first-order valence-electron chi connectivity index (χ1n) is 6.67. The van der Waals surface area contributed by atoms with Crippen molar-refractivity contribution < 1.29 is 17.9 Å². The fraction of sp³-hybridized carbons (Fsp3) is 0.267. The predicted molar refractivity (Wildman–Crippen MR) is 81.9 cm³/mol. The van der Waals surface area contributed by atoms with Gasteiger partial charge in [-0.3, -0.25) is 0 Å². The Morgan fingerprint density at radius 2 is 1.91 bits per heavy atom. The summed E-state index contributed by atoms with van der Waals surface area (Å²) in [6.07, 6.45) is 1.38. The van der Waals surface area contributed by atoms with E-state index in [-0.39, 0.29) is 16.6 Å². The minimum Gasteiger partial charge on any atom is -0.464 e. The SMILES string of the molecule is COC(=O)c1cc(S(=O)(=O)NC(C)c2ccccc2)cn1C. The van der Waals surface area contributed by atoms with Crippen molar-refractivity contribution in [3.63, 3.8) is 0 Å². The Labute approximate surface area is 129 Å². The fourth-order valence-electron chi connectivity index (χ4n) is 2.10. The van der Waals surface area contributed by atoms with Gasteiger partial charge in [-0.2, -0.15) is 0 Å². The molecule has 2 rings (SSSR count). The number of nitrogens with one attached hydrogen (secondary N) is 1. The molecule has 0 aliphatic heterocycles. The molecule has 0 radical (unpaired) electrons. The molecule has 7 heteroatoms. The second-order valence-electron chi connectivity index (χ2n) is 4.92. The number of carbonyl (C=O) groups excluding carboxylic acids is 1. The largest absolute Gasteiger partial charge is 0.464 e. The van der Waals surface area contributed by atoms with E-state index in [1.54, 1.807) is 14.0 Å². The molecule has 1 unspecified atom stereocenters. The molecule has 1 heterocycles. The third-order valence-electron chi connectivity index (χ3n) is 3.32. The standard InChI is InChI=1S/C15H18N2O4S/c1-11(12-7-5-4-6-8-12)16-22(19,20)13-9-14(15(18)21-3)17(2)10-13/h4-11,16H,1-3H3. The van der Waals surface area contributed by atoms with Crippen molar-refractivity contribution >= 4 is 16.0 Å². The number of nitrogens with zero attached hydrogens (tertiary/aromatic N) is 1. The lowest BCUT2D eigenvalue weighted by molar-refractivity contribution is 0.0590. The summed E-state index contributed by atoms with van der Waals surface area (Å²) < 4.78 is 33.5. The summed E-state index contributed by atoms with van der Waals surface area (Å²) in [6.45, 7) is 1.76. The highest BCUT2D eigenvalue weighted by molar-refractivity contribution is 7.89. The topological polar surface area (TPSA) is 77.4 Å². The van der Waals surface area contributed by atoms with E-state index in [2.05, 4.69) is 9.46 Å². The lowest BCUT2D eigenvalue weighted by atomic mass is 10.1. The third-order valence-corrected chi connectivity index (χ3v) is 4.82. The number of sulfonamides is 1. The summed E-state index contributed by atoms with van der Waals surface area (Å²) in [6, 6.07) is 10.2. The Kier molecular flexibility index (Phi) is 4.68. The molecule has 0 aliphatic carbocycles. The molecule has 0 fully saturated rings. The molecule has 0 saturated heterocycles. The molecule has 0 amide bonds. The first-order chi connectivity index (χ1) is 10.3. The van der Waals surface area contributed by atoms with Crippen LogP contribution in [-0.4, -0.2) is 26.1 Å². The van der Waals surface area contributed by atoms with Gasteiger partial charge in [0.05, 0.1) is 7.11 Å². The second-order valence-corrected chi connectivity index (χ2v) is 6.63. The maximum absolute atomic E-state index is 12.4. The van der Waals surface area contributed by atoms with Crippen molar-refractivity contribution in [1.29, 1.82) is 0 Å². The van der Waals surface area contributed by atoms with E-state index in [0.29, 0.717) is 0 Å². The average Bonchev–Trinajstić information content (AvgIpc) is 2.90. The highest BCUT2D eigenvalue weighted by Crippen LogP contribution is 2.18. The zero-order valence-corrected chi connectivity index (χ0v) is 13.4. The number of benzene rings is 1. The summed E-state index contributed by atoms with van der Waals surface area (Å²) in [4.78, 5) is 11.6. The molecule has 1 aromatic heterocycles. The first kappa shape index (κ1) is 16.3. The minimum atomic E-state index is -3.73. The number of hydrogen-bond acceptors (Lipinski definition) is 4. The molecule has 0 saturated carbocycles. The van der Waals surface area contributed by atoms with Gasteiger partial charge >= 0.3 is 5.97 Å². The molecule has 0 aliphatic rings. The quantitative estimate of drug-likeness (QED) is 0.852. The molecule has 1 N–H and O–H groups in total. The van der Waals surface area contributed by atoms with Crippen LogP contribution in [0.4, 0.5) is 0 Å². The number of esters is 1. The van der Waals surface area contributed by atoms with Gasteiger partial charge in [0.15, 0.2) is 0 Å². The number of ether oxygens (including phenoxy) is 1. The van der Waals surface area contributed by atoms with Crippen LogP contribution in [0.3, 0.4) is 0 Å². The molecule has 118 valence electrons. The van der Waals surface area contributed by atoms with Gasteiger partial charge in [0, 0.05) is 19.3 Å². The second kappa shape index (κ2) is 6.33. The van der Waals surface area contributed by atoms with Gasteiger partial charge in [0.25, 0.3) is 0 Å². The molecule has 2 aromatic rings. The number of hydrogen-bond donors (Lipinski definition) is 1. The lowest BCUT2D eigenvalue weighted by Crippen LogP contribution is -2.26. The van der Waals surface area contributed by atoms with Gasteiger partial charge in [-0.15, -0.1) is 0 Å². The summed E-state index contributed by atoms with van der Waals surface area (Å²) in [7, 11) is -0.891. The van der Waals surface area contributed by atoms with Gasteiger partial charge in [0.1, 0.15) is 10.6 Å². The van der Waals surface area contributed by atoms with Crippen LogP contribution in [0.5, 0.6) is 0 Å². The predicted octanol–water partition coefficient (Wildman–Crippen LogP) is 1.85. The van der Waals surface area contributed by atoms with E-state index in [1.165, 1.54) is 23.9 Å². The third kappa shape index (κ3) is 3.37. The van der Waals surface area contributed by atoms with Crippen molar-refractivity contribution in [2.24, 2.45) is 7.05 Å². The van der Waals surface area contributed by atoms with E-state index in [9.17, 15) is 13.2 Å². The van der Waals surface area contributed by atoms with Crippen LogP contribution in [0.2, 0.25) is 0 Å². The molecule has 22 heavy (non-hydrogen) atoms. The van der Waals surface area contributed by atoms with Gasteiger partial charge < -0.3 is 9.30 Å². The zero-order chi connectivity index (χ0) is 16.3. The Balaban J connectivity index is 2.26. The molecule has 1 aromatic carbocycles. The molecular weight excluding hydrogens is 304 g/mol. The molecule has 1 atom stereocenters. The fourth-order valence-corrected chi connectivity index (χ4v) is 3.40. The van der Waals surface area contributed by atoms with Crippen molar-refractivity contribution in [3.8, 4) is 0 Å². The van der Waals surface area contributed by atoms with Gasteiger partial charge in [0.2, 0.25) is 10.0 Å². The lowest BCUT2D eigenvalue weighted by Gasteiger charge is -2.13. The first-order valence-corrected chi connectivity index (χ1v) is 8.15. The highest BCUT2D eigenvalue weighted by Gasteiger charge is 2.23. The van der Waals surface area contributed by atoms with Crippen LogP contribution in [0.15, 0.2) is 47.5 Å². The summed E-state index contributed by atoms with van der Waals surface area (Å²) in [5.41, 5.74) is 1.03. The Hall–Kier alpha value is -2.12. The number of methoxy groups -OCH3 is 1. The van der Waals surface area contributed by atoms with Gasteiger partial charge in [-0.25, -0.2) is 17.9 Å². The molecule has 6 nitrogen and oxygen atoms in total. The molecular formula is C15H18N2O4S. The number of aryl methyl sites for hydroxylation is 1. The van der Waals surface area contributed by atoms with Crippen LogP contribution in [0, 0.1) is 0 Å². The summed E-state index contributed by atoms with van der Waals surface area (Å²) in [5.74, 6) is -0.583. The van der Waals surface area contributed by atoms with E-state index >= 15 is 0 Å². The summed E-state index contributed by atoms with van der Waals surface area (Å²) >= 11 is 0. The number of carbonyl (C=O) groups is 1. The van der Waals surface area contributed by atoms with Crippen molar-refractivity contribution in [2.75, 3.05) is 7.11 Å². The van der Waals surface area contributed by atoms with Crippen molar-refractivity contribution in [2.45, 2.75) is 17.9 Å². The minimum absolute atomic E-state index is 0.0261. The van der Waals surface area contributed by atoms with Crippen LogP contribution >= 0.6 is 0 Å². The molecule has 0 bridgehead atoms. The van der Waals surface area contributed by atoms with Crippen LogP contribution in [-0.2, 0) is 21.8 Å². The van der Waals surface area contributed by atoms with Gasteiger partial charge in [-0.05, 0) is 18.6 Å². The summed E-state index contributed by atoms with van der Waals surface area (Å²) in [5, 5.41) is 0. The number of aromatic nitrogens is 1. The Bertz CT molecular complexity index is 766. The smallest absolute Gasteiger partial charge is 0.354 e. The average molecular weight is 322 g/mol. The van der Waals surface area contributed by atoms with E-state index in [0.717, 1.165) is 5.56 Å². The normalized spacial score (nSPS) is 12.9. The zero-order valence-electron chi connectivity index (χ0n) is 12.6. The maximum atomic E-state index is 12.4. The Morgan fingerprint density at radius 3 is 2.50 bits per heavy atom. The maximum Gasteiger partial charge on any atom is 0.354 e. The van der Waals surface area contributed by atoms with E-state index < -0.39 is 16.0 Å². The van der Waals surface area contributed by atoms with Gasteiger partial charge in [-0.1, -0.05) is 30.3 Å². The molecule has 0 spiro atoms. The van der Waals surface area contributed by atoms with Crippen molar-refractivity contribution in [1.82, 2.24) is 9.29 Å². The van der Waals surface area contributed by atoms with Crippen LogP contribution in [0.25, 0.3) is 0 Å². The van der Waals surface area contributed by atoms with Crippen LogP contribution < -0.4 is 4.72 Å².